The Morgan fingerprint density at radius 1 is 1.32 bits per heavy atom. The molecule has 100 valence electrons. The van der Waals surface area contributed by atoms with E-state index in [4.69, 9.17) is 9.47 Å². The Morgan fingerprint density at radius 3 is 3.16 bits per heavy atom. The van der Waals surface area contributed by atoms with E-state index in [1.165, 1.54) is 0 Å². The van der Waals surface area contributed by atoms with Crippen LogP contribution in [0.3, 0.4) is 0 Å². The minimum absolute atomic E-state index is 0.0459. The van der Waals surface area contributed by atoms with E-state index in [0.29, 0.717) is 12.6 Å². The lowest BCUT2D eigenvalue weighted by atomic mass is 10.1. The molecule has 0 spiro atoms. The van der Waals surface area contributed by atoms with Crippen molar-refractivity contribution in [3.63, 3.8) is 0 Å². The first-order valence-electron chi connectivity index (χ1n) is 6.64. The Balaban J connectivity index is 1.88. The van der Waals surface area contributed by atoms with E-state index >= 15 is 0 Å². The highest BCUT2D eigenvalue weighted by molar-refractivity contribution is 5.84. The summed E-state index contributed by atoms with van der Waals surface area (Å²) in [6, 6.07) is 10.3. The van der Waals surface area contributed by atoms with Gasteiger partial charge in [-0.3, -0.25) is 4.98 Å². The number of fused-ring (bicyclic) bond motifs is 1. The van der Waals surface area contributed by atoms with Crippen molar-refractivity contribution in [1.82, 2.24) is 10.3 Å². The summed E-state index contributed by atoms with van der Waals surface area (Å²) in [5, 5.41) is 4.35. The molecule has 0 aliphatic carbocycles. The molecule has 2 unspecified atom stereocenters. The van der Waals surface area contributed by atoms with Gasteiger partial charge in [0.1, 0.15) is 11.9 Å². The molecule has 1 fully saturated rings. The van der Waals surface area contributed by atoms with Crippen molar-refractivity contribution in [2.45, 2.75) is 18.6 Å². The number of hydrogen-bond donors (Lipinski definition) is 1. The summed E-state index contributed by atoms with van der Waals surface area (Å²) in [4.78, 5) is 4.35. The van der Waals surface area contributed by atoms with Crippen molar-refractivity contribution < 1.29 is 9.47 Å². The zero-order valence-electron chi connectivity index (χ0n) is 11.0. The van der Waals surface area contributed by atoms with Crippen molar-refractivity contribution in [3.05, 3.63) is 36.5 Å². The monoisotopic (exact) mass is 258 g/mol. The maximum atomic E-state index is 6.14. The smallest absolute Gasteiger partial charge is 0.137 e. The predicted octanol–water partition coefficient (Wildman–Crippen LogP) is 1.99. The van der Waals surface area contributed by atoms with Gasteiger partial charge in [-0.05, 0) is 37.7 Å². The number of benzene rings is 1. The van der Waals surface area contributed by atoms with Crippen LogP contribution in [0, 0.1) is 0 Å². The van der Waals surface area contributed by atoms with Gasteiger partial charge in [0.15, 0.2) is 0 Å². The van der Waals surface area contributed by atoms with Gasteiger partial charge in [0, 0.05) is 24.2 Å². The van der Waals surface area contributed by atoms with Crippen LogP contribution in [0.2, 0.25) is 0 Å². The van der Waals surface area contributed by atoms with E-state index < -0.39 is 0 Å². The Morgan fingerprint density at radius 2 is 2.26 bits per heavy atom. The van der Waals surface area contributed by atoms with Gasteiger partial charge in [0.05, 0.1) is 12.1 Å². The Labute approximate surface area is 112 Å². The molecular weight excluding hydrogens is 240 g/mol. The molecule has 19 heavy (non-hydrogen) atoms. The molecule has 2 heterocycles. The van der Waals surface area contributed by atoms with Crippen molar-refractivity contribution in [2.24, 2.45) is 0 Å². The van der Waals surface area contributed by atoms with Gasteiger partial charge in [0.25, 0.3) is 0 Å². The Hall–Kier alpha value is -1.65. The van der Waals surface area contributed by atoms with Crippen molar-refractivity contribution in [1.29, 1.82) is 0 Å². The molecule has 3 rings (SSSR count). The molecule has 1 aromatic carbocycles. The molecular formula is C15H18N2O2. The fraction of sp³-hybridized carbons (Fsp3) is 0.400. The molecule has 4 nitrogen and oxygen atoms in total. The first-order chi connectivity index (χ1) is 9.38. The summed E-state index contributed by atoms with van der Waals surface area (Å²) >= 11 is 0. The highest BCUT2D eigenvalue weighted by Gasteiger charge is 2.26. The number of nitrogens with zero attached hydrogens (tertiary/aromatic N) is 1. The van der Waals surface area contributed by atoms with E-state index in [0.717, 1.165) is 29.7 Å². The number of pyridine rings is 1. The van der Waals surface area contributed by atoms with Gasteiger partial charge >= 0.3 is 0 Å². The standard InChI is InChI=1S/C15H18N2O2/c1-16-13-7-9-18-10-15(13)19-14-6-2-5-12-11(14)4-3-8-17-12/h2-6,8,13,15-16H,7,9-10H2,1H3. The van der Waals surface area contributed by atoms with Gasteiger partial charge < -0.3 is 14.8 Å². The number of hydrogen-bond acceptors (Lipinski definition) is 4. The van der Waals surface area contributed by atoms with E-state index in [1.807, 2.05) is 37.4 Å². The van der Waals surface area contributed by atoms with Crippen LogP contribution in [0.4, 0.5) is 0 Å². The first-order valence-corrected chi connectivity index (χ1v) is 6.64. The average molecular weight is 258 g/mol. The topological polar surface area (TPSA) is 43.4 Å². The molecule has 0 bridgehead atoms. The zero-order valence-corrected chi connectivity index (χ0v) is 11.0. The summed E-state index contributed by atoms with van der Waals surface area (Å²) < 4.78 is 11.7. The molecule has 1 saturated heterocycles. The molecule has 1 N–H and O–H groups in total. The summed E-state index contributed by atoms with van der Waals surface area (Å²) in [6.45, 7) is 1.42. The molecule has 0 radical (unpaired) electrons. The second-order valence-electron chi connectivity index (χ2n) is 4.74. The van der Waals surface area contributed by atoms with E-state index in [9.17, 15) is 0 Å². The Kier molecular flexibility index (Phi) is 3.62. The van der Waals surface area contributed by atoms with Crippen LogP contribution >= 0.6 is 0 Å². The van der Waals surface area contributed by atoms with Crippen LogP contribution in [-0.4, -0.2) is 37.4 Å². The molecule has 0 saturated carbocycles. The summed E-state index contributed by atoms with van der Waals surface area (Å²) in [5.74, 6) is 0.876. The molecule has 1 aliphatic rings. The second kappa shape index (κ2) is 5.55. The van der Waals surface area contributed by atoms with Gasteiger partial charge in [-0.15, -0.1) is 0 Å². The fourth-order valence-electron chi connectivity index (χ4n) is 2.50. The number of likely N-dealkylation sites (N-methyl/N-ethyl adjacent to an activating group) is 1. The van der Waals surface area contributed by atoms with E-state index in [-0.39, 0.29) is 6.10 Å². The third kappa shape index (κ3) is 2.55. The summed E-state index contributed by atoms with van der Waals surface area (Å²) in [6.07, 6.45) is 2.82. The van der Waals surface area contributed by atoms with Crippen molar-refractivity contribution >= 4 is 10.9 Å². The number of nitrogens with one attached hydrogen (secondary N) is 1. The molecule has 1 aliphatic heterocycles. The van der Waals surface area contributed by atoms with Gasteiger partial charge in [-0.25, -0.2) is 0 Å². The largest absolute Gasteiger partial charge is 0.486 e. The minimum Gasteiger partial charge on any atom is -0.486 e. The molecule has 0 amide bonds. The summed E-state index contributed by atoms with van der Waals surface area (Å²) in [5.41, 5.74) is 0.956. The number of aromatic nitrogens is 1. The maximum Gasteiger partial charge on any atom is 0.137 e. The normalized spacial score (nSPS) is 23.4. The van der Waals surface area contributed by atoms with Crippen LogP contribution in [0.15, 0.2) is 36.5 Å². The lowest BCUT2D eigenvalue weighted by Crippen LogP contribution is -2.48. The highest BCUT2D eigenvalue weighted by atomic mass is 16.5. The van der Waals surface area contributed by atoms with Crippen LogP contribution in [-0.2, 0) is 4.74 Å². The second-order valence-corrected chi connectivity index (χ2v) is 4.74. The van der Waals surface area contributed by atoms with E-state index in [2.05, 4.69) is 10.3 Å². The van der Waals surface area contributed by atoms with Crippen LogP contribution < -0.4 is 10.1 Å². The maximum absolute atomic E-state index is 6.14. The lowest BCUT2D eigenvalue weighted by molar-refractivity contribution is -0.0123. The first kappa shape index (κ1) is 12.4. The molecule has 1 aromatic heterocycles. The lowest BCUT2D eigenvalue weighted by Gasteiger charge is -2.31. The average Bonchev–Trinajstić information content (AvgIpc) is 2.48. The van der Waals surface area contributed by atoms with Crippen LogP contribution in [0.25, 0.3) is 10.9 Å². The molecule has 2 aromatic rings. The zero-order chi connectivity index (χ0) is 13.1. The Bertz CT molecular complexity index is 553. The highest BCUT2D eigenvalue weighted by Crippen LogP contribution is 2.26. The van der Waals surface area contributed by atoms with E-state index in [1.54, 1.807) is 6.20 Å². The predicted molar refractivity (Wildman–Crippen MR) is 74.4 cm³/mol. The number of rotatable bonds is 3. The SMILES string of the molecule is CNC1CCOCC1Oc1cccc2ncccc12. The summed E-state index contributed by atoms with van der Waals surface area (Å²) in [7, 11) is 1.97. The number of ether oxygens (including phenoxy) is 2. The third-order valence-electron chi connectivity index (χ3n) is 3.56. The molecule has 2 atom stereocenters. The quantitative estimate of drug-likeness (QED) is 0.914. The minimum atomic E-state index is 0.0459. The third-order valence-corrected chi connectivity index (χ3v) is 3.56. The van der Waals surface area contributed by atoms with Gasteiger partial charge in [-0.1, -0.05) is 6.07 Å². The van der Waals surface area contributed by atoms with Crippen molar-refractivity contribution in [2.75, 3.05) is 20.3 Å². The van der Waals surface area contributed by atoms with Crippen molar-refractivity contribution in [3.8, 4) is 5.75 Å². The van der Waals surface area contributed by atoms with Gasteiger partial charge in [-0.2, -0.15) is 0 Å². The van der Waals surface area contributed by atoms with Crippen LogP contribution in [0.5, 0.6) is 5.75 Å². The fourth-order valence-corrected chi connectivity index (χ4v) is 2.50. The van der Waals surface area contributed by atoms with Crippen LogP contribution in [0.1, 0.15) is 6.42 Å². The van der Waals surface area contributed by atoms with Gasteiger partial charge in [0.2, 0.25) is 0 Å². The molecule has 4 heteroatoms.